The smallest absolute Gasteiger partial charge is 0.339 e. The van der Waals surface area contributed by atoms with Crippen LogP contribution in [0.15, 0.2) is 51.7 Å². The summed E-state index contributed by atoms with van der Waals surface area (Å²) < 4.78 is 5.58. The van der Waals surface area contributed by atoms with Crippen molar-refractivity contribution in [2.45, 2.75) is 44.7 Å². The standard InChI is InChI=1S/C23H23NO5.ClH/c25-20-11-10-16-15-8-4-5-9-17(15)23(28)29-21(16)18(20)13-24-19(22(26)27)12-14-6-2-1-3-7-14;/h1-3,6-7,10-11,19,24-25H,4-5,8-9,12-13H2,(H,26,27);1H. The molecule has 158 valence electrons. The van der Waals surface area contributed by atoms with Gasteiger partial charge >= 0.3 is 11.6 Å². The molecule has 30 heavy (non-hydrogen) atoms. The highest BCUT2D eigenvalue weighted by Gasteiger charge is 2.23. The highest BCUT2D eigenvalue weighted by molar-refractivity contribution is 5.86. The van der Waals surface area contributed by atoms with Crippen LogP contribution < -0.4 is 10.9 Å². The summed E-state index contributed by atoms with van der Waals surface area (Å²) in [6.45, 7) is 0.0781. The topological polar surface area (TPSA) is 99.8 Å². The van der Waals surface area contributed by atoms with Gasteiger partial charge in [0, 0.05) is 17.5 Å². The number of aromatic hydroxyl groups is 1. The SMILES string of the molecule is Cl.O=C(O)C(Cc1ccccc1)NCc1c(O)ccc2c3c(c(=O)oc12)CCCC3. The maximum atomic E-state index is 12.5. The summed E-state index contributed by atoms with van der Waals surface area (Å²) in [5, 5.41) is 23.8. The van der Waals surface area contributed by atoms with Crippen molar-refractivity contribution in [2.24, 2.45) is 0 Å². The third-order valence-corrected chi connectivity index (χ3v) is 5.58. The molecule has 0 amide bonds. The van der Waals surface area contributed by atoms with Gasteiger partial charge in [-0.05, 0) is 55.4 Å². The molecule has 1 aliphatic carbocycles. The Hall–Kier alpha value is -2.83. The Kier molecular flexibility index (Phi) is 6.80. The number of fused-ring (bicyclic) bond motifs is 3. The summed E-state index contributed by atoms with van der Waals surface area (Å²) in [7, 11) is 0. The van der Waals surface area contributed by atoms with Gasteiger partial charge in [-0.15, -0.1) is 12.4 Å². The van der Waals surface area contributed by atoms with Crippen molar-refractivity contribution in [3.8, 4) is 5.75 Å². The maximum Gasteiger partial charge on any atom is 0.339 e. The Morgan fingerprint density at radius 1 is 1.07 bits per heavy atom. The molecule has 1 unspecified atom stereocenters. The number of phenols is 1. The molecule has 1 aliphatic rings. The van der Waals surface area contributed by atoms with E-state index in [1.807, 2.05) is 30.3 Å². The van der Waals surface area contributed by atoms with E-state index in [1.54, 1.807) is 12.1 Å². The molecule has 1 aromatic heterocycles. The van der Waals surface area contributed by atoms with Gasteiger partial charge in [0.15, 0.2) is 0 Å². The lowest BCUT2D eigenvalue weighted by Gasteiger charge is -2.19. The molecule has 1 atom stereocenters. The van der Waals surface area contributed by atoms with Gasteiger partial charge in [-0.2, -0.15) is 0 Å². The van der Waals surface area contributed by atoms with Crippen LogP contribution in [0.4, 0.5) is 0 Å². The average Bonchev–Trinajstić information content (AvgIpc) is 2.73. The van der Waals surface area contributed by atoms with Crippen LogP contribution in [0.2, 0.25) is 0 Å². The van der Waals surface area contributed by atoms with Crippen LogP contribution in [0.1, 0.15) is 35.1 Å². The van der Waals surface area contributed by atoms with E-state index >= 15 is 0 Å². The average molecular weight is 430 g/mol. The number of aliphatic carboxylic acids is 1. The highest BCUT2D eigenvalue weighted by atomic mass is 35.5. The molecule has 0 radical (unpaired) electrons. The van der Waals surface area contributed by atoms with Crippen LogP contribution in [0, 0.1) is 0 Å². The zero-order chi connectivity index (χ0) is 20.4. The first-order chi connectivity index (χ1) is 14.0. The number of carboxylic acid groups (broad SMARTS) is 1. The van der Waals surface area contributed by atoms with Gasteiger partial charge in [0.1, 0.15) is 17.4 Å². The van der Waals surface area contributed by atoms with E-state index in [1.165, 1.54) is 0 Å². The molecule has 6 nitrogen and oxygen atoms in total. The molecule has 0 saturated heterocycles. The van der Waals surface area contributed by atoms with Crippen LogP contribution in [-0.4, -0.2) is 22.2 Å². The van der Waals surface area contributed by atoms with Crippen molar-refractivity contribution in [3.63, 3.8) is 0 Å². The van der Waals surface area contributed by atoms with Crippen molar-refractivity contribution >= 4 is 29.3 Å². The van der Waals surface area contributed by atoms with E-state index in [0.29, 0.717) is 24.0 Å². The second-order valence-electron chi connectivity index (χ2n) is 7.46. The predicted octanol–water partition coefficient (Wildman–Crippen LogP) is 3.58. The largest absolute Gasteiger partial charge is 0.507 e. The van der Waals surface area contributed by atoms with E-state index in [-0.39, 0.29) is 30.3 Å². The number of carbonyl (C=O) groups is 1. The van der Waals surface area contributed by atoms with Gasteiger partial charge in [-0.1, -0.05) is 30.3 Å². The summed E-state index contributed by atoms with van der Waals surface area (Å²) in [4.78, 5) is 24.2. The normalized spacial score (nSPS) is 14.0. The van der Waals surface area contributed by atoms with Crippen molar-refractivity contribution < 1.29 is 19.4 Å². The zero-order valence-electron chi connectivity index (χ0n) is 16.4. The molecule has 0 aliphatic heterocycles. The van der Waals surface area contributed by atoms with Crippen LogP contribution in [0.25, 0.3) is 11.0 Å². The summed E-state index contributed by atoms with van der Waals surface area (Å²) in [5.41, 5.74) is 3.00. The summed E-state index contributed by atoms with van der Waals surface area (Å²) in [6.07, 6.45) is 3.80. The molecule has 2 aromatic carbocycles. The molecule has 1 heterocycles. The van der Waals surface area contributed by atoms with E-state index in [0.717, 1.165) is 41.3 Å². The van der Waals surface area contributed by atoms with Gasteiger partial charge in [-0.25, -0.2) is 4.79 Å². The van der Waals surface area contributed by atoms with E-state index < -0.39 is 12.0 Å². The number of nitrogens with one attached hydrogen (secondary N) is 1. The maximum absolute atomic E-state index is 12.5. The summed E-state index contributed by atoms with van der Waals surface area (Å²) in [5.74, 6) is -1.000. The van der Waals surface area contributed by atoms with Crippen molar-refractivity contribution in [1.82, 2.24) is 5.32 Å². The molecule has 0 saturated carbocycles. The van der Waals surface area contributed by atoms with Gasteiger partial charge in [0.2, 0.25) is 0 Å². The fraction of sp³-hybridized carbons (Fsp3) is 0.304. The third kappa shape index (κ3) is 4.35. The summed E-state index contributed by atoms with van der Waals surface area (Å²) in [6, 6.07) is 11.9. The molecular formula is C23H24ClNO5. The first kappa shape index (κ1) is 21.9. The lowest BCUT2D eigenvalue weighted by molar-refractivity contribution is -0.139. The predicted molar refractivity (Wildman–Crippen MR) is 116 cm³/mol. The van der Waals surface area contributed by atoms with Gasteiger partial charge in [-0.3, -0.25) is 10.1 Å². The highest BCUT2D eigenvalue weighted by Crippen LogP contribution is 2.32. The lowest BCUT2D eigenvalue weighted by Crippen LogP contribution is -2.38. The van der Waals surface area contributed by atoms with Crippen LogP contribution in [0.5, 0.6) is 5.75 Å². The second kappa shape index (κ2) is 9.32. The Morgan fingerprint density at radius 3 is 2.47 bits per heavy atom. The van der Waals surface area contributed by atoms with Gasteiger partial charge in [0.25, 0.3) is 0 Å². The van der Waals surface area contributed by atoms with Crippen molar-refractivity contribution in [2.75, 3.05) is 0 Å². The van der Waals surface area contributed by atoms with E-state index in [9.17, 15) is 19.8 Å². The number of aryl methyl sites for hydroxylation is 1. The Bertz CT molecular complexity index is 1110. The molecule has 7 heteroatoms. The number of carboxylic acids is 1. The molecule has 3 N–H and O–H groups in total. The molecule has 0 bridgehead atoms. The third-order valence-electron chi connectivity index (χ3n) is 5.58. The monoisotopic (exact) mass is 429 g/mol. The molecule has 0 spiro atoms. The second-order valence-corrected chi connectivity index (χ2v) is 7.46. The van der Waals surface area contributed by atoms with Crippen LogP contribution in [0.3, 0.4) is 0 Å². The first-order valence-corrected chi connectivity index (χ1v) is 9.84. The van der Waals surface area contributed by atoms with E-state index in [4.69, 9.17) is 4.42 Å². The zero-order valence-corrected chi connectivity index (χ0v) is 17.2. The number of halogens is 1. The minimum absolute atomic E-state index is 0. The van der Waals surface area contributed by atoms with Crippen molar-refractivity contribution in [1.29, 1.82) is 0 Å². The van der Waals surface area contributed by atoms with Gasteiger partial charge < -0.3 is 14.6 Å². The number of hydrogen-bond acceptors (Lipinski definition) is 5. The van der Waals surface area contributed by atoms with Crippen LogP contribution in [-0.2, 0) is 30.6 Å². The summed E-state index contributed by atoms with van der Waals surface area (Å²) >= 11 is 0. The number of phenolic OH excluding ortho intramolecular Hbond substituents is 1. The molecule has 4 rings (SSSR count). The number of benzene rings is 2. The molecule has 3 aromatic rings. The fourth-order valence-corrected chi connectivity index (χ4v) is 4.05. The Morgan fingerprint density at radius 2 is 1.77 bits per heavy atom. The Balaban J connectivity index is 0.00000256. The first-order valence-electron chi connectivity index (χ1n) is 9.84. The van der Waals surface area contributed by atoms with Crippen molar-refractivity contribution in [3.05, 3.63) is 75.1 Å². The lowest BCUT2D eigenvalue weighted by atomic mass is 9.90. The minimum atomic E-state index is -0.979. The van der Waals surface area contributed by atoms with Crippen LogP contribution >= 0.6 is 12.4 Å². The Labute approximate surface area is 180 Å². The van der Waals surface area contributed by atoms with Gasteiger partial charge in [0.05, 0.1) is 5.56 Å². The van der Waals surface area contributed by atoms with E-state index in [2.05, 4.69) is 5.32 Å². The molecular weight excluding hydrogens is 406 g/mol. The number of rotatable bonds is 6. The fourth-order valence-electron chi connectivity index (χ4n) is 4.05. The molecule has 0 fully saturated rings. The minimum Gasteiger partial charge on any atom is -0.507 e. The number of hydrogen-bond donors (Lipinski definition) is 3. The quantitative estimate of drug-likeness (QED) is 0.518.